The number of fused-ring (bicyclic) bond motifs is 1. The fourth-order valence-corrected chi connectivity index (χ4v) is 5.18. The normalized spacial score (nSPS) is 18.9. The van der Waals surface area contributed by atoms with Gasteiger partial charge in [0.1, 0.15) is 11.5 Å². The minimum absolute atomic E-state index is 0.0162. The number of ketones is 1. The second-order valence-electron chi connectivity index (χ2n) is 8.71. The van der Waals surface area contributed by atoms with Gasteiger partial charge >= 0.3 is 0 Å². The molecule has 35 heavy (non-hydrogen) atoms. The smallest absolute Gasteiger partial charge is 0.233 e. The maximum atomic E-state index is 13.8. The molecule has 8 nitrogen and oxygen atoms in total. The van der Waals surface area contributed by atoms with Crippen LogP contribution in [0.25, 0.3) is 0 Å². The number of allylic oxidation sites excluding steroid dienone is 2. The molecule has 5 rings (SSSR count). The Balaban J connectivity index is 1.61. The SMILES string of the molecule is COc1ccc([C@@H]2C3=C(C[C@@H](c4ccc(OC)c(OC)c4)CC3=O)Nc3onc(C)c32)c(OC)c1. The molecule has 2 heterocycles. The molecule has 0 unspecified atom stereocenters. The summed E-state index contributed by atoms with van der Waals surface area (Å²) < 4.78 is 27.6. The van der Waals surface area contributed by atoms with Crippen molar-refractivity contribution in [2.75, 3.05) is 33.8 Å². The molecule has 2 aliphatic rings. The highest BCUT2D eigenvalue weighted by Crippen LogP contribution is 2.51. The van der Waals surface area contributed by atoms with Crippen LogP contribution in [-0.2, 0) is 4.79 Å². The zero-order chi connectivity index (χ0) is 24.7. The van der Waals surface area contributed by atoms with Crippen LogP contribution >= 0.6 is 0 Å². The first-order valence-electron chi connectivity index (χ1n) is 11.4. The topological polar surface area (TPSA) is 92.1 Å². The van der Waals surface area contributed by atoms with Gasteiger partial charge in [-0.15, -0.1) is 0 Å². The summed E-state index contributed by atoms with van der Waals surface area (Å²) in [6, 6.07) is 11.5. The third-order valence-electron chi connectivity index (χ3n) is 6.89. The summed E-state index contributed by atoms with van der Waals surface area (Å²) in [5.41, 5.74) is 5.04. The van der Waals surface area contributed by atoms with Crippen LogP contribution in [0.1, 0.15) is 47.1 Å². The standard InChI is InChI=1S/C27H28N2O6/c1-14-24-25(18-8-7-17(31-2)13-22(18)33-4)26-19(28-27(24)35-29-14)10-16(11-20(26)30)15-6-9-21(32-3)23(12-15)34-5/h6-9,12-13,16,25,28H,10-11H2,1-5H3/t16-,25+/m1/s1. The Kier molecular flexibility index (Phi) is 5.88. The lowest BCUT2D eigenvalue weighted by Gasteiger charge is -2.35. The van der Waals surface area contributed by atoms with Gasteiger partial charge in [0.2, 0.25) is 5.88 Å². The Morgan fingerprint density at radius 3 is 2.40 bits per heavy atom. The van der Waals surface area contributed by atoms with E-state index in [0.717, 1.165) is 33.7 Å². The maximum absolute atomic E-state index is 13.8. The highest BCUT2D eigenvalue weighted by molar-refractivity contribution is 6.01. The van der Waals surface area contributed by atoms with Crippen LogP contribution in [0.2, 0.25) is 0 Å². The Bertz CT molecular complexity index is 1330. The van der Waals surface area contributed by atoms with Gasteiger partial charge in [0.05, 0.1) is 45.6 Å². The molecule has 0 amide bonds. The maximum Gasteiger partial charge on any atom is 0.233 e. The fourth-order valence-electron chi connectivity index (χ4n) is 5.18. The number of benzene rings is 2. The number of carbonyl (C=O) groups excluding carboxylic acids is 1. The molecule has 182 valence electrons. The Hall–Kier alpha value is -3.94. The second-order valence-corrected chi connectivity index (χ2v) is 8.71. The first-order valence-corrected chi connectivity index (χ1v) is 11.4. The predicted octanol–water partition coefficient (Wildman–Crippen LogP) is 4.98. The van der Waals surface area contributed by atoms with Gasteiger partial charge in [-0.2, -0.15) is 0 Å². The molecule has 0 bridgehead atoms. The van der Waals surface area contributed by atoms with Crippen LogP contribution in [-0.4, -0.2) is 39.4 Å². The average Bonchev–Trinajstić information content (AvgIpc) is 3.26. The van der Waals surface area contributed by atoms with Crippen molar-refractivity contribution in [2.45, 2.75) is 31.6 Å². The highest BCUT2D eigenvalue weighted by Gasteiger charge is 2.42. The van der Waals surface area contributed by atoms with E-state index in [0.29, 0.717) is 41.7 Å². The predicted molar refractivity (Wildman–Crippen MR) is 130 cm³/mol. The van der Waals surface area contributed by atoms with E-state index in [4.69, 9.17) is 23.5 Å². The number of aromatic nitrogens is 1. The van der Waals surface area contributed by atoms with Crippen LogP contribution in [0.4, 0.5) is 5.88 Å². The monoisotopic (exact) mass is 476 g/mol. The number of ether oxygens (including phenoxy) is 4. The largest absolute Gasteiger partial charge is 0.497 e. The zero-order valence-corrected chi connectivity index (χ0v) is 20.4. The minimum Gasteiger partial charge on any atom is -0.497 e. The van der Waals surface area contributed by atoms with Gasteiger partial charge < -0.3 is 28.8 Å². The van der Waals surface area contributed by atoms with Crippen molar-refractivity contribution in [1.82, 2.24) is 5.16 Å². The zero-order valence-electron chi connectivity index (χ0n) is 20.4. The quantitative estimate of drug-likeness (QED) is 0.533. The van der Waals surface area contributed by atoms with Gasteiger partial charge in [0, 0.05) is 29.3 Å². The first kappa shape index (κ1) is 22.8. The van der Waals surface area contributed by atoms with Crippen molar-refractivity contribution >= 4 is 11.7 Å². The number of aryl methyl sites for hydroxylation is 1. The van der Waals surface area contributed by atoms with Crippen molar-refractivity contribution in [1.29, 1.82) is 0 Å². The van der Waals surface area contributed by atoms with Gasteiger partial charge in [-0.25, -0.2) is 0 Å². The van der Waals surface area contributed by atoms with Gasteiger partial charge in [-0.1, -0.05) is 17.3 Å². The molecule has 0 saturated carbocycles. The number of methoxy groups -OCH3 is 4. The molecule has 0 saturated heterocycles. The van der Waals surface area contributed by atoms with Crippen molar-refractivity contribution in [3.8, 4) is 23.0 Å². The minimum atomic E-state index is -0.354. The Morgan fingerprint density at radius 1 is 0.914 bits per heavy atom. The van der Waals surface area contributed by atoms with Crippen LogP contribution < -0.4 is 24.3 Å². The molecule has 1 aromatic heterocycles. The highest BCUT2D eigenvalue weighted by atomic mass is 16.5. The summed E-state index contributed by atoms with van der Waals surface area (Å²) in [6.07, 6.45) is 1.02. The van der Waals surface area contributed by atoms with Crippen molar-refractivity contribution in [2.24, 2.45) is 0 Å². The molecule has 0 fully saturated rings. The number of Topliss-reactive ketones (excluding diaryl/α,β-unsaturated/α-hetero) is 1. The number of rotatable bonds is 6. The second kappa shape index (κ2) is 9.02. The Labute approximate surface area is 203 Å². The average molecular weight is 477 g/mol. The van der Waals surface area contributed by atoms with E-state index in [1.54, 1.807) is 28.4 Å². The number of hydrogen-bond acceptors (Lipinski definition) is 8. The van der Waals surface area contributed by atoms with Crippen LogP contribution in [0, 0.1) is 6.92 Å². The summed E-state index contributed by atoms with van der Waals surface area (Å²) in [4.78, 5) is 13.8. The van der Waals surface area contributed by atoms with Crippen LogP contribution in [0.15, 0.2) is 52.2 Å². The molecule has 2 atom stereocenters. The van der Waals surface area contributed by atoms with E-state index in [1.165, 1.54) is 0 Å². The molecule has 3 aromatic rings. The molecular weight excluding hydrogens is 448 g/mol. The van der Waals surface area contributed by atoms with E-state index in [2.05, 4.69) is 10.5 Å². The molecule has 0 spiro atoms. The molecule has 0 radical (unpaired) electrons. The number of anilines is 1. The molecule has 2 aromatic carbocycles. The molecule has 1 aliphatic heterocycles. The van der Waals surface area contributed by atoms with Crippen molar-refractivity contribution in [3.05, 3.63) is 70.1 Å². The van der Waals surface area contributed by atoms with Gasteiger partial charge in [0.25, 0.3) is 0 Å². The number of carbonyl (C=O) groups is 1. The Morgan fingerprint density at radius 2 is 1.69 bits per heavy atom. The third kappa shape index (κ3) is 3.79. The lowest BCUT2D eigenvalue weighted by Crippen LogP contribution is -2.29. The lowest BCUT2D eigenvalue weighted by molar-refractivity contribution is -0.116. The van der Waals surface area contributed by atoms with E-state index < -0.39 is 0 Å². The molecule has 1 N–H and O–H groups in total. The van der Waals surface area contributed by atoms with Crippen LogP contribution in [0.3, 0.4) is 0 Å². The number of nitrogens with one attached hydrogen (secondary N) is 1. The fraction of sp³-hybridized carbons (Fsp3) is 0.333. The first-order chi connectivity index (χ1) is 17.0. The lowest BCUT2D eigenvalue weighted by atomic mass is 9.72. The molecule has 1 aliphatic carbocycles. The number of nitrogens with zero attached hydrogens (tertiary/aromatic N) is 1. The molecule has 8 heteroatoms. The van der Waals surface area contributed by atoms with Crippen molar-refractivity contribution in [3.63, 3.8) is 0 Å². The van der Waals surface area contributed by atoms with Gasteiger partial charge in [-0.05, 0) is 43.0 Å². The summed E-state index contributed by atoms with van der Waals surface area (Å²) >= 11 is 0. The van der Waals surface area contributed by atoms with Gasteiger partial charge in [0.15, 0.2) is 17.3 Å². The van der Waals surface area contributed by atoms with E-state index in [-0.39, 0.29) is 17.6 Å². The number of hydrogen-bond donors (Lipinski definition) is 1. The molecular formula is C27H28N2O6. The van der Waals surface area contributed by atoms with E-state index >= 15 is 0 Å². The third-order valence-corrected chi connectivity index (χ3v) is 6.89. The van der Waals surface area contributed by atoms with Crippen molar-refractivity contribution < 1.29 is 28.3 Å². The summed E-state index contributed by atoms with van der Waals surface area (Å²) in [7, 11) is 6.44. The summed E-state index contributed by atoms with van der Waals surface area (Å²) in [5.74, 6) is 2.89. The van der Waals surface area contributed by atoms with Gasteiger partial charge in [-0.3, -0.25) is 4.79 Å². The van der Waals surface area contributed by atoms with E-state index in [1.807, 2.05) is 43.3 Å². The van der Waals surface area contributed by atoms with E-state index in [9.17, 15) is 4.79 Å². The summed E-state index contributed by atoms with van der Waals surface area (Å²) in [5, 5.41) is 7.56. The van der Waals surface area contributed by atoms with Crippen LogP contribution in [0.5, 0.6) is 23.0 Å². The summed E-state index contributed by atoms with van der Waals surface area (Å²) in [6.45, 7) is 1.89.